The van der Waals surface area contributed by atoms with E-state index in [2.05, 4.69) is 20.3 Å². The molecule has 1 heterocycles. The smallest absolute Gasteiger partial charge is 0.380 e. The summed E-state index contributed by atoms with van der Waals surface area (Å²) in [6.07, 6.45) is -8.59. The normalized spacial score (nSPS) is 21.4. The first-order chi connectivity index (χ1) is 12.3. The van der Waals surface area contributed by atoms with E-state index >= 15 is 0 Å². The Morgan fingerprint density at radius 2 is 1.63 bits per heavy atom. The molecule has 0 aromatic carbocycles. The van der Waals surface area contributed by atoms with Crippen molar-refractivity contribution in [3.05, 3.63) is 11.7 Å². The average Bonchev–Trinajstić information content (AvgIpc) is 2.51. The van der Waals surface area contributed by atoms with E-state index in [0.717, 1.165) is 6.92 Å². The molecule has 2 rings (SSSR count). The highest BCUT2D eigenvalue weighted by atomic mass is 19.4. The van der Waals surface area contributed by atoms with Gasteiger partial charge in [-0.1, -0.05) is 0 Å². The van der Waals surface area contributed by atoms with Gasteiger partial charge in [0.1, 0.15) is 11.9 Å². The van der Waals surface area contributed by atoms with Crippen molar-refractivity contribution >= 4 is 17.5 Å². The van der Waals surface area contributed by atoms with Crippen LogP contribution < -0.4 is 10.6 Å². The Morgan fingerprint density at radius 3 is 2.15 bits per heavy atom. The van der Waals surface area contributed by atoms with Gasteiger partial charge in [-0.05, 0) is 27.2 Å². The van der Waals surface area contributed by atoms with Crippen LogP contribution in [0.1, 0.15) is 39.4 Å². The summed E-state index contributed by atoms with van der Waals surface area (Å²) in [5, 5.41) is 14.2. The summed E-state index contributed by atoms with van der Waals surface area (Å²) in [5.74, 6) is -6.23. The molecule has 0 bridgehead atoms. The van der Waals surface area contributed by atoms with E-state index in [1.54, 1.807) is 13.8 Å². The minimum Gasteiger partial charge on any atom is -0.380 e. The molecule has 0 amide bonds. The lowest BCUT2D eigenvalue weighted by Crippen LogP contribution is -2.37. The van der Waals surface area contributed by atoms with Crippen LogP contribution in [0.15, 0.2) is 5.83 Å². The summed E-state index contributed by atoms with van der Waals surface area (Å²) in [4.78, 5) is 11.4. The molecular formula is C15H19F6N5O. The first-order valence-electron chi connectivity index (χ1n) is 8.12. The van der Waals surface area contributed by atoms with Crippen LogP contribution in [-0.4, -0.2) is 50.3 Å². The van der Waals surface area contributed by atoms with Gasteiger partial charge < -0.3 is 15.7 Å². The molecule has 0 spiro atoms. The first-order valence-corrected chi connectivity index (χ1v) is 8.12. The summed E-state index contributed by atoms with van der Waals surface area (Å²) < 4.78 is 79.4. The van der Waals surface area contributed by atoms with E-state index in [4.69, 9.17) is 0 Å². The van der Waals surface area contributed by atoms with Crippen molar-refractivity contribution in [2.45, 2.75) is 63.9 Å². The largest absolute Gasteiger partial charge is 0.408 e. The number of nitrogens with zero attached hydrogens (tertiary/aromatic N) is 3. The zero-order valence-corrected chi connectivity index (χ0v) is 14.7. The van der Waals surface area contributed by atoms with Crippen LogP contribution >= 0.6 is 0 Å². The van der Waals surface area contributed by atoms with Gasteiger partial charge in [0.05, 0.1) is 0 Å². The van der Waals surface area contributed by atoms with E-state index in [9.17, 15) is 31.4 Å². The van der Waals surface area contributed by atoms with Crippen LogP contribution in [0.5, 0.6) is 0 Å². The van der Waals surface area contributed by atoms with Crippen molar-refractivity contribution in [2.24, 2.45) is 0 Å². The monoisotopic (exact) mass is 399 g/mol. The van der Waals surface area contributed by atoms with E-state index < -0.39 is 60.3 Å². The predicted octanol–water partition coefficient (Wildman–Crippen LogP) is 3.53. The first kappa shape index (κ1) is 21.2. The Kier molecular flexibility index (Phi) is 5.88. The topological polar surface area (TPSA) is 83.0 Å². The molecule has 1 aliphatic rings. The second-order valence-electron chi connectivity index (χ2n) is 6.50. The van der Waals surface area contributed by atoms with Gasteiger partial charge in [-0.15, -0.1) is 0 Å². The lowest BCUT2D eigenvalue weighted by molar-refractivity contribution is -0.138. The minimum absolute atomic E-state index is 0.154. The molecule has 1 aromatic rings. The molecule has 12 heteroatoms. The molecule has 3 N–H and O–H groups in total. The van der Waals surface area contributed by atoms with Gasteiger partial charge in [0.2, 0.25) is 11.9 Å². The van der Waals surface area contributed by atoms with Crippen molar-refractivity contribution in [2.75, 3.05) is 10.6 Å². The maximum Gasteiger partial charge on any atom is 0.408 e. The Labute approximate surface area is 151 Å². The lowest BCUT2D eigenvalue weighted by Gasteiger charge is -2.27. The standard InChI is InChI=1S/C15H19F6N5O/c1-6(2)22-12-24-11(8-4-5-14(17,18)10(27)9(8)16)25-13(26-12)23-7(3)15(19,20)21/h6-7,10,27H,4-5H2,1-3H3,(H2,22,23,24,25,26)/t7-,10-/m1/s1. The van der Waals surface area contributed by atoms with Gasteiger partial charge in [-0.3, -0.25) is 0 Å². The molecule has 6 nitrogen and oxygen atoms in total. The van der Waals surface area contributed by atoms with Gasteiger partial charge in [0.15, 0.2) is 11.9 Å². The van der Waals surface area contributed by atoms with E-state index in [-0.39, 0.29) is 12.0 Å². The van der Waals surface area contributed by atoms with Crippen molar-refractivity contribution < 1.29 is 31.4 Å². The molecule has 1 aliphatic carbocycles. The molecule has 0 unspecified atom stereocenters. The molecular weight excluding hydrogens is 380 g/mol. The molecule has 0 saturated carbocycles. The second-order valence-corrected chi connectivity index (χ2v) is 6.50. The van der Waals surface area contributed by atoms with Crippen molar-refractivity contribution in [3.8, 4) is 0 Å². The fraction of sp³-hybridized carbons (Fsp3) is 0.667. The zero-order chi connectivity index (χ0) is 20.6. The Morgan fingerprint density at radius 1 is 1.07 bits per heavy atom. The molecule has 0 aliphatic heterocycles. The summed E-state index contributed by atoms with van der Waals surface area (Å²) in [6, 6.07) is -2.23. The molecule has 0 radical (unpaired) electrons. The second kappa shape index (κ2) is 7.49. The van der Waals surface area contributed by atoms with Gasteiger partial charge in [0.25, 0.3) is 5.92 Å². The van der Waals surface area contributed by atoms with Crippen LogP contribution in [-0.2, 0) is 0 Å². The average molecular weight is 399 g/mol. The molecule has 0 fully saturated rings. The Balaban J connectivity index is 2.46. The number of nitrogens with one attached hydrogen (secondary N) is 2. The molecule has 27 heavy (non-hydrogen) atoms. The number of anilines is 2. The SMILES string of the molecule is CC(C)Nc1nc(N[C@H](C)C(F)(F)F)nc(C2=C(F)[C@@H](O)C(F)(F)CC2)n1. The van der Waals surface area contributed by atoms with Crippen LogP contribution in [0.3, 0.4) is 0 Å². The summed E-state index contributed by atoms with van der Waals surface area (Å²) in [6.45, 7) is 4.25. The Bertz CT molecular complexity index is 721. The zero-order valence-electron chi connectivity index (χ0n) is 14.7. The summed E-state index contributed by atoms with van der Waals surface area (Å²) >= 11 is 0. The van der Waals surface area contributed by atoms with Gasteiger partial charge in [-0.25, -0.2) is 13.2 Å². The van der Waals surface area contributed by atoms with Gasteiger partial charge >= 0.3 is 6.18 Å². The fourth-order valence-corrected chi connectivity index (χ4v) is 2.29. The van der Waals surface area contributed by atoms with E-state index in [0.29, 0.717) is 0 Å². The highest BCUT2D eigenvalue weighted by molar-refractivity contribution is 5.66. The van der Waals surface area contributed by atoms with Crippen LogP contribution in [0.4, 0.5) is 38.2 Å². The van der Waals surface area contributed by atoms with Crippen molar-refractivity contribution in [1.29, 1.82) is 0 Å². The third kappa shape index (κ3) is 4.99. The number of rotatable bonds is 5. The number of aromatic nitrogens is 3. The van der Waals surface area contributed by atoms with Crippen LogP contribution in [0, 0.1) is 0 Å². The third-order valence-electron chi connectivity index (χ3n) is 3.80. The number of aliphatic hydroxyl groups is 1. The molecule has 0 saturated heterocycles. The Hall–Kier alpha value is -2.11. The van der Waals surface area contributed by atoms with Gasteiger partial charge in [-0.2, -0.15) is 28.1 Å². The maximum atomic E-state index is 14.2. The number of halogens is 6. The van der Waals surface area contributed by atoms with Crippen molar-refractivity contribution in [3.63, 3.8) is 0 Å². The lowest BCUT2D eigenvalue weighted by atomic mass is 9.92. The highest BCUT2D eigenvalue weighted by Gasteiger charge is 2.46. The van der Waals surface area contributed by atoms with Gasteiger partial charge in [0, 0.05) is 18.0 Å². The molecule has 1 aromatic heterocycles. The molecule has 152 valence electrons. The van der Waals surface area contributed by atoms with E-state index in [1.165, 1.54) is 0 Å². The third-order valence-corrected chi connectivity index (χ3v) is 3.80. The minimum atomic E-state index is -4.59. The van der Waals surface area contributed by atoms with Crippen LogP contribution in [0.2, 0.25) is 0 Å². The van der Waals surface area contributed by atoms with Crippen LogP contribution in [0.25, 0.3) is 5.57 Å². The summed E-state index contributed by atoms with van der Waals surface area (Å²) in [5.41, 5.74) is -0.398. The van der Waals surface area contributed by atoms with Crippen molar-refractivity contribution in [1.82, 2.24) is 15.0 Å². The number of allylic oxidation sites excluding steroid dienone is 1. The molecule has 2 atom stereocenters. The quantitative estimate of drug-likeness (QED) is 0.658. The predicted molar refractivity (Wildman–Crippen MR) is 85.9 cm³/mol. The number of hydrogen-bond donors (Lipinski definition) is 3. The number of hydrogen-bond acceptors (Lipinski definition) is 6. The number of aliphatic hydroxyl groups excluding tert-OH is 1. The maximum absolute atomic E-state index is 14.2. The number of alkyl halides is 5. The fourth-order valence-electron chi connectivity index (χ4n) is 2.29. The highest BCUT2D eigenvalue weighted by Crippen LogP contribution is 2.41. The van der Waals surface area contributed by atoms with E-state index in [1.807, 2.05) is 5.32 Å². The summed E-state index contributed by atoms with van der Waals surface area (Å²) in [7, 11) is 0.